The number of ether oxygens (including phenoxy) is 2. The van der Waals surface area contributed by atoms with Crippen LogP contribution < -0.4 is 14.8 Å². The Balaban J connectivity index is 1.60. The highest BCUT2D eigenvalue weighted by atomic mass is 16.5. The van der Waals surface area contributed by atoms with E-state index in [0.717, 1.165) is 11.1 Å². The number of piperidine rings is 1. The van der Waals surface area contributed by atoms with Crippen LogP contribution >= 0.6 is 0 Å². The average Bonchev–Trinajstić information content (AvgIpc) is 2.88. The molecule has 0 saturated carbocycles. The zero-order valence-corrected chi connectivity index (χ0v) is 19.8. The fraction of sp³-hybridized carbons (Fsp3) is 0.286. The van der Waals surface area contributed by atoms with Crippen LogP contribution in [0.3, 0.4) is 0 Å². The number of carbonyl (C=O) groups excluding carboxylic acids is 2. The molecule has 4 rings (SSSR count). The summed E-state index contributed by atoms with van der Waals surface area (Å²) in [5.74, 6) is 0.681. The molecule has 0 spiro atoms. The third kappa shape index (κ3) is 5.22. The molecule has 6 nitrogen and oxygen atoms in total. The summed E-state index contributed by atoms with van der Waals surface area (Å²) in [6.45, 7) is 2.99. The molecule has 34 heavy (non-hydrogen) atoms. The van der Waals surface area contributed by atoms with Crippen molar-refractivity contribution in [2.75, 3.05) is 32.6 Å². The van der Waals surface area contributed by atoms with Gasteiger partial charge in [-0.2, -0.15) is 0 Å². The Morgan fingerprint density at radius 2 is 1.71 bits per heavy atom. The second kappa shape index (κ2) is 10.4. The highest BCUT2D eigenvalue weighted by Gasteiger charge is 2.35. The summed E-state index contributed by atoms with van der Waals surface area (Å²) in [6.07, 6.45) is 0.659. The van der Waals surface area contributed by atoms with Crippen molar-refractivity contribution >= 4 is 17.5 Å². The minimum atomic E-state index is -0.362. The van der Waals surface area contributed by atoms with Crippen molar-refractivity contribution in [2.45, 2.75) is 19.3 Å². The van der Waals surface area contributed by atoms with Gasteiger partial charge in [-0.05, 0) is 43.2 Å². The van der Waals surface area contributed by atoms with E-state index in [4.69, 9.17) is 9.47 Å². The Morgan fingerprint density at radius 3 is 2.41 bits per heavy atom. The lowest BCUT2D eigenvalue weighted by atomic mass is 9.83. The maximum absolute atomic E-state index is 13.4. The normalized spacial score (nSPS) is 17.7. The highest BCUT2D eigenvalue weighted by molar-refractivity contribution is 5.97. The molecule has 2 amide bonds. The van der Waals surface area contributed by atoms with Gasteiger partial charge in [-0.25, -0.2) is 0 Å². The first-order valence-corrected chi connectivity index (χ1v) is 11.4. The second-order valence-corrected chi connectivity index (χ2v) is 8.68. The number of anilines is 1. The molecule has 3 aromatic rings. The lowest BCUT2D eigenvalue weighted by molar-refractivity contribution is -0.121. The van der Waals surface area contributed by atoms with Crippen LogP contribution in [0.2, 0.25) is 0 Å². The molecule has 1 aliphatic heterocycles. The van der Waals surface area contributed by atoms with Gasteiger partial charge in [0.05, 0.1) is 25.8 Å². The number of carbonyl (C=O) groups is 2. The van der Waals surface area contributed by atoms with Crippen LogP contribution in [-0.4, -0.2) is 44.0 Å². The van der Waals surface area contributed by atoms with Crippen molar-refractivity contribution in [3.8, 4) is 11.5 Å². The molecule has 2 unspecified atom stereocenters. The average molecular weight is 459 g/mol. The van der Waals surface area contributed by atoms with Gasteiger partial charge in [-0.3, -0.25) is 9.59 Å². The maximum atomic E-state index is 13.4. The van der Waals surface area contributed by atoms with E-state index in [0.29, 0.717) is 42.3 Å². The van der Waals surface area contributed by atoms with Crippen molar-refractivity contribution in [1.29, 1.82) is 0 Å². The van der Waals surface area contributed by atoms with Gasteiger partial charge >= 0.3 is 0 Å². The van der Waals surface area contributed by atoms with E-state index < -0.39 is 0 Å². The Bertz CT molecular complexity index is 1160. The minimum absolute atomic E-state index is 0.0576. The summed E-state index contributed by atoms with van der Waals surface area (Å²) in [5, 5.41) is 3.01. The fourth-order valence-electron chi connectivity index (χ4n) is 4.52. The van der Waals surface area contributed by atoms with Crippen LogP contribution in [0.1, 0.15) is 33.8 Å². The van der Waals surface area contributed by atoms with Gasteiger partial charge in [0.15, 0.2) is 0 Å². The molecule has 0 radical (unpaired) electrons. The predicted molar refractivity (Wildman–Crippen MR) is 133 cm³/mol. The predicted octanol–water partition coefficient (Wildman–Crippen LogP) is 4.90. The molecule has 1 saturated heterocycles. The van der Waals surface area contributed by atoms with Crippen LogP contribution in [0.4, 0.5) is 5.69 Å². The molecular weight excluding hydrogens is 428 g/mol. The Labute approximate surface area is 200 Å². The number of likely N-dealkylation sites (tertiary alicyclic amines) is 1. The number of aryl methyl sites for hydroxylation is 1. The van der Waals surface area contributed by atoms with Crippen LogP contribution in [0.25, 0.3) is 0 Å². The van der Waals surface area contributed by atoms with Crippen molar-refractivity contribution in [2.24, 2.45) is 5.92 Å². The lowest BCUT2D eigenvalue weighted by Crippen LogP contribution is -2.46. The van der Waals surface area contributed by atoms with E-state index in [1.165, 1.54) is 0 Å². The number of amides is 2. The number of methoxy groups -OCH3 is 2. The van der Waals surface area contributed by atoms with E-state index in [1.807, 2.05) is 36.4 Å². The number of benzene rings is 3. The quantitative estimate of drug-likeness (QED) is 0.571. The molecule has 0 bridgehead atoms. The third-order valence-electron chi connectivity index (χ3n) is 6.31. The van der Waals surface area contributed by atoms with Gasteiger partial charge in [-0.1, -0.05) is 48.0 Å². The smallest absolute Gasteiger partial charge is 0.253 e. The zero-order chi connectivity index (χ0) is 24.1. The first-order chi connectivity index (χ1) is 16.5. The number of rotatable bonds is 6. The minimum Gasteiger partial charge on any atom is -0.497 e. The molecule has 1 fully saturated rings. The summed E-state index contributed by atoms with van der Waals surface area (Å²) in [4.78, 5) is 28.5. The zero-order valence-electron chi connectivity index (χ0n) is 19.8. The molecule has 6 heteroatoms. The SMILES string of the molecule is COc1ccc(NC(=O)C2CC(c3cccc(C)c3)CN(C(=O)c3ccccc3)C2)c(OC)c1. The number of hydrogen-bond donors (Lipinski definition) is 1. The van der Waals surface area contributed by atoms with Gasteiger partial charge < -0.3 is 19.7 Å². The summed E-state index contributed by atoms with van der Waals surface area (Å²) in [6, 6.07) is 22.8. The Hall–Kier alpha value is -3.80. The van der Waals surface area contributed by atoms with E-state index in [1.54, 1.807) is 37.3 Å². The fourth-order valence-corrected chi connectivity index (χ4v) is 4.52. The van der Waals surface area contributed by atoms with Gasteiger partial charge in [0.25, 0.3) is 5.91 Å². The van der Waals surface area contributed by atoms with Crippen molar-refractivity contribution in [3.05, 3.63) is 89.5 Å². The summed E-state index contributed by atoms with van der Waals surface area (Å²) in [7, 11) is 3.14. The summed E-state index contributed by atoms with van der Waals surface area (Å²) >= 11 is 0. The number of nitrogens with zero attached hydrogens (tertiary/aromatic N) is 1. The van der Waals surface area contributed by atoms with E-state index >= 15 is 0 Å². The monoisotopic (exact) mass is 458 g/mol. The largest absolute Gasteiger partial charge is 0.497 e. The molecule has 3 aromatic carbocycles. The van der Waals surface area contributed by atoms with E-state index in [-0.39, 0.29) is 23.7 Å². The second-order valence-electron chi connectivity index (χ2n) is 8.68. The van der Waals surface area contributed by atoms with Crippen LogP contribution in [0.5, 0.6) is 11.5 Å². The molecule has 2 atom stereocenters. The molecule has 176 valence electrons. The topological polar surface area (TPSA) is 67.9 Å². The molecule has 0 aliphatic carbocycles. The maximum Gasteiger partial charge on any atom is 0.253 e. The summed E-state index contributed by atoms with van der Waals surface area (Å²) in [5.41, 5.74) is 3.51. The van der Waals surface area contributed by atoms with Gasteiger partial charge in [0, 0.05) is 30.6 Å². The first-order valence-electron chi connectivity index (χ1n) is 11.4. The Kier molecular flexibility index (Phi) is 7.16. The van der Waals surface area contributed by atoms with Crippen molar-refractivity contribution < 1.29 is 19.1 Å². The van der Waals surface area contributed by atoms with E-state index in [9.17, 15) is 9.59 Å². The van der Waals surface area contributed by atoms with Gasteiger partial charge in [0.1, 0.15) is 11.5 Å². The van der Waals surface area contributed by atoms with Crippen LogP contribution in [-0.2, 0) is 4.79 Å². The van der Waals surface area contributed by atoms with Crippen molar-refractivity contribution in [3.63, 3.8) is 0 Å². The summed E-state index contributed by atoms with van der Waals surface area (Å²) < 4.78 is 10.7. The molecule has 1 N–H and O–H groups in total. The van der Waals surface area contributed by atoms with E-state index in [2.05, 4.69) is 30.4 Å². The number of nitrogens with one attached hydrogen (secondary N) is 1. The molecular formula is C28H30N2O4. The number of hydrogen-bond acceptors (Lipinski definition) is 4. The Morgan fingerprint density at radius 1 is 0.912 bits per heavy atom. The third-order valence-corrected chi connectivity index (χ3v) is 6.31. The lowest BCUT2D eigenvalue weighted by Gasteiger charge is -2.37. The molecule has 1 heterocycles. The van der Waals surface area contributed by atoms with Gasteiger partial charge in [-0.15, -0.1) is 0 Å². The standard InChI is InChI=1S/C28H30N2O4/c1-19-8-7-11-21(14-19)22-15-23(18-30(17-22)28(32)20-9-5-4-6-10-20)27(31)29-25-13-12-24(33-2)16-26(25)34-3/h4-14,16,22-23H,15,17-18H2,1-3H3,(H,29,31). The molecule has 1 aliphatic rings. The molecule has 0 aromatic heterocycles. The van der Waals surface area contributed by atoms with Crippen molar-refractivity contribution in [1.82, 2.24) is 4.90 Å². The first kappa shape index (κ1) is 23.4. The van der Waals surface area contributed by atoms with Crippen LogP contribution in [0.15, 0.2) is 72.8 Å². The highest BCUT2D eigenvalue weighted by Crippen LogP contribution is 2.34. The van der Waals surface area contributed by atoms with Crippen LogP contribution in [0, 0.1) is 12.8 Å². The van der Waals surface area contributed by atoms with Gasteiger partial charge in [0.2, 0.25) is 5.91 Å².